The van der Waals surface area contributed by atoms with Gasteiger partial charge in [-0.1, -0.05) is 24.6 Å². The molecule has 1 aromatic carbocycles. The highest BCUT2D eigenvalue weighted by atomic mass is 31.2. The molecular weight excluding hydrogens is 259 g/mol. The molecule has 0 N–H and O–H groups in total. The van der Waals surface area contributed by atoms with Gasteiger partial charge in [-0.25, -0.2) is 0 Å². The second-order valence-corrected chi connectivity index (χ2v) is 7.82. The molecule has 0 fully saturated rings. The molecule has 0 radical (unpaired) electrons. The topological polar surface area (TPSA) is 43.4 Å². The number of hydrogen-bond acceptors (Lipinski definition) is 3. The highest BCUT2D eigenvalue weighted by molar-refractivity contribution is 7.76. The second kappa shape index (κ2) is 6.02. The van der Waals surface area contributed by atoms with Gasteiger partial charge in [0.1, 0.15) is 0 Å². The Morgan fingerprint density at radius 3 is 2.05 bits per heavy atom. The minimum absolute atomic E-state index is 0.221. The third-order valence-corrected chi connectivity index (χ3v) is 5.44. The van der Waals surface area contributed by atoms with Crippen LogP contribution in [0.2, 0.25) is 0 Å². The fraction of sp³-hybridized carbons (Fsp3) is 0.533. The molecule has 0 heterocycles. The smallest absolute Gasteiger partial charge is 0.271 e. The van der Waals surface area contributed by atoms with E-state index < -0.39 is 7.37 Å². The molecule has 1 atom stereocenters. The molecule has 19 heavy (non-hydrogen) atoms. The van der Waals surface area contributed by atoms with Gasteiger partial charge in [0, 0.05) is 11.7 Å². The van der Waals surface area contributed by atoms with Crippen molar-refractivity contribution >= 4 is 12.9 Å². The summed E-state index contributed by atoms with van der Waals surface area (Å²) in [7, 11) is -3.28. The predicted octanol–water partition coefficient (Wildman–Crippen LogP) is 4.48. The number of hydrogen-bond donors (Lipinski definition) is 0. The van der Waals surface area contributed by atoms with Crippen molar-refractivity contribution in [3.63, 3.8) is 0 Å². The fourth-order valence-electron chi connectivity index (χ4n) is 2.29. The van der Waals surface area contributed by atoms with Crippen molar-refractivity contribution in [2.75, 3.05) is 6.16 Å². The van der Waals surface area contributed by atoms with E-state index in [2.05, 4.69) is 0 Å². The zero-order valence-corrected chi connectivity index (χ0v) is 13.5. The third kappa shape index (κ3) is 3.55. The molecule has 0 bridgehead atoms. The van der Waals surface area contributed by atoms with Gasteiger partial charge in [-0.15, -0.1) is 0 Å². The molecule has 0 spiro atoms. The van der Waals surface area contributed by atoms with E-state index in [1.807, 2.05) is 32.9 Å². The first-order valence-corrected chi connectivity index (χ1v) is 8.42. The third-order valence-electron chi connectivity index (χ3n) is 3.00. The first-order chi connectivity index (χ1) is 8.71. The monoisotopic (exact) mass is 282 g/mol. The van der Waals surface area contributed by atoms with E-state index >= 15 is 0 Å². The molecule has 1 rings (SSSR count). The molecule has 0 saturated carbocycles. The van der Waals surface area contributed by atoms with Crippen LogP contribution in [0.15, 0.2) is 12.1 Å². The summed E-state index contributed by atoms with van der Waals surface area (Å²) in [4.78, 5) is 12.6. The van der Waals surface area contributed by atoms with E-state index in [9.17, 15) is 9.36 Å². The lowest BCUT2D eigenvalue weighted by molar-refractivity contribution is 0.104. The molecule has 3 nitrogen and oxygen atoms in total. The Bertz CT molecular complexity index is 509. The van der Waals surface area contributed by atoms with E-state index in [0.29, 0.717) is 5.56 Å². The van der Waals surface area contributed by atoms with Crippen molar-refractivity contribution in [3.8, 4) is 0 Å². The number of carbonyl (C=O) groups excluding carboxylic acids is 1. The van der Waals surface area contributed by atoms with Gasteiger partial charge >= 0.3 is 0 Å². The second-order valence-electron chi connectivity index (χ2n) is 5.22. The van der Waals surface area contributed by atoms with E-state index in [0.717, 1.165) is 16.7 Å². The summed E-state index contributed by atoms with van der Waals surface area (Å²) in [5.74, 6) is 0. The molecule has 0 amide bonds. The lowest BCUT2D eigenvalue weighted by Gasteiger charge is -2.20. The fourth-order valence-corrected chi connectivity index (χ4v) is 4.20. The highest BCUT2D eigenvalue weighted by Gasteiger charge is 2.34. The zero-order valence-electron chi connectivity index (χ0n) is 12.6. The van der Waals surface area contributed by atoms with Gasteiger partial charge < -0.3 is 4.52 Å². The van der Waals surface area contributed by atoms with E-state index in [4.69, 9.17) is 4.52 Å². The summed E-state index contributed by atoms with van der Waals surface area (Å²) in [6.07, 6.45) is 0.0114. The van der Waals surface area contributed by atoms with Crippen molar-refractivity contribution in [2.45, 2.75) is 47.6 Å². The summed E-state index contributed by atoms with van der Waals surface area (Å²) >= 11 is 0. The van der Waals surface area contributed by atoms with Crippen LogP contribution in [-0.4, -0.2) is 17.8 Å². The summed E-state index contributed by atoms with van der Waals surface area (Å²) in [5, 5.41) is 0. The van der Waals surface area contributed by atoms with Gasteiger partial charge in [0.25, 0.3) is 7.37 Å². The molecule has 1 unspecified atom stereocenters. The summed E-state index contributed by atoms with van der Waals surface area (Å²) < 4.78 is 18.2. The lowest BCUT2D eigenvalue weighted by Crippen LogP contribution is -2.13. The molecule has 0 aliphatic heterocycles. The average Bonchev–Trinajstić information content (AvgIpc) is 2.26. The maximum Gasteiger partial charge on any atom is 0.271 e. The lowest BCUT2D eigenvalue weighted by atomic mass is 10.0. The molecule has 0 aliphatic rings. The minimum Gasteiger partial charge on any atom is -0.320 e. The van der Waals surface area contributed by atoms with Gasteiger partial charge in [0.15, 0.2) is 0 Å². The van der Waals surface area contributed by atoms with Crippen LogP contribution in [0.3, 0.4) is 0 Å². The Morgan fingerprint density at radius 2 is 1.68 bits per heavy atom. The van der Waals surface area contributed by atoms with Gasteiger partial charge in [-0.3, -0.25) is 9.36 Å². The van der Waals surface area contributed by atoms with Crippen molar-refractivity contribution in [1.82, 2.24) is 0 Å². The van der Waals surface area contributed by atoms with Gasteiger partial charge in [0.2, 0.25) is 5.52 Å². The SMILES string of the molecule is CCP(=O)(OC(C)C)C(=O)c1c(C)cc(C)cc1C. The minimum atomic E-state index is -3.28. The molecule has 1 aromatic rings. The van der Waals surface area contributed by atoms with E-state index in [1.165, 1.54) is 0 Å². The summed E-state index contributed by atoms with van der Waals surface area (Å²) in [6.45, 7) is 11.1. The Kier molecular flexibility index (Phi) is 5.11. The quantitative estimate of drug-likeness (QED) is 0.748. The van der Waals surface area contributed by atoms with Crippen molar-refractivity contribution in [3.05, 3.63) is 34.4 Å². The Balaban J connectivity index is 3.30. The van der Waals surface area contributed by atoms with Gasteiger partial charge in [-0.05, 0) is 45.7 Å². The number of carbonyl (C=O) groups is 1. The summed E-state index contributed by atoms with van der Waals surface area (Å²) in [5.41, 5.74) is 3.03. The largest absolute Gasteiger partial charge is 0.320 e. The highest BCUT2D eigenvalue weighted by Crippen LogP contribution is 2.51. The van der Waals surface area contributed by atoms with Gasteiger partial charge in [-0.2, -0.15) is 0 Å². The van der Waals surface area contributed by atoms with Crippen LogP contribution in [0.5, 0.6) is 0 Å². The maximum atomic E-state index is 12.7. The number of benzene rings is 1. The number of aryl methyl sites for hydroxylation is 3. The first kappa shape index (κ1) is 16.1. The van der Waals surface area contributed by atoms with Crippen molar-refractivity contribution < 1.29 is 13.9 Å². The maximum absolute atomic E-state index is 12.7. The van der Waals surface area contributed by atoms with Crippen LogP contribution in [0.4, 0.5) is 0 Å². The molecular formula is C15H23O3P. The molecule has 0 aliphatic carbocycles. The molecule has 4 heteroatoms. The van der Waals surface area contributed by atoms with Crippen LogP contribution >= 0.6 is 7.37 Å². The summed E-state index contributed by atoms with van der Waals surface area (Å²) in [6, 6.07) is 3.88. The Hall–Kier alpha value is -0.920. The van der Waals surface area contributed by atoms with Crippen molar-refractivity contribution in [2.24, 2.45) is 0 Å². The predicted molar refractivity (Wildman–Crippen MR) is 79.4 cm³/mol. The molecule has 0 aromatic heterocycles. The molecule has 0 saturated heterocycles. The standard InChI is InChI=1S/C15H23O3P/c1-7-19(17,18-10(2)3)15(16)14-12(5)8-11(4)9-13(14)6/h8-10H,7H2,1-6H3. The van der Waals surface area contributed by atoms with Crippen LogP contribution in [0, 0.1) is 20.8 Å². The Labute approximate surface area is 115 Å². The van der Waals surface area contributed by atoms with Crippen LogP contribution in [-0.2, 0) is 9.09 Å². The van der Waals surface area contributed by atoms with Crippen LogP contribution in [0.25, 0.3) is 0 Å². The van der Waals surface area contributed by atoms with Crippen LogP contribution in [0.1, 0.15) is 47.8 Å². The van der Waals surface area contributed by atoms with Gasteiger partial charge in [0.05, 0.1) is 6.10 Å². The Morgan fingerprint density at radius 1 is 1.21 bits per heavy atom. The number of rotatable bonds is 5. The van der Waals surface area contributed by atoms with E-state index in [1.54, 1.807) is 20.8 Å². The first-order valence-electron chi connectivity index (χ1n) is 6.61. The van der Waals surface area contributed by atoms with Crippen LogP contribution < -0.4 is 0 Å². The normalized spacial score (nSPS) is 14.5. The zero-order chi connectivity index (χ0) is 14.8. The average molecular weight is 282 g/mol. The molecule has 106 valence electrons. The van der Waals surface area contributed by atoms with E-state index in [-0.39, 0.29) is 17.8 Å². The van der Waals surface area contributed by atoms with Crippen molar-refractivity contribution in [1.29, 1.82) is 0 Å².